The molecule has 6 nitrogen and oxygen atoms in total. The molecule has 2 aliphatic heterocycles. The van der Waals surface area contributed by atoms with Crippen molar-refractivity contribution in [1.82, 2.24) is 9.80 Å². The number of piperidine rings is 1. The molecule has 2 heterocycles. The van der Waals surface area contributed by atoms with Gasteiger partial charge in [-0.05, 0) is 36.1 Å². The molecule has 2 fully saturated rings. The van der Waals surface area contributed by atoms with Crippen LogP contribution in [0, 0.1) is 0 Å². The zero-order chi connectivity index (χ0) is 24.9. The minimum atomic E-state index is -0.764. The number of hydrogen-bond acceptors (Lipinski definition) is 4. The zero-order valence-electron chi connectivity index (χ0n) is 20.3. The standard InChI is InChI=1S/C30H31N3O3/c34-28(20-23-10-4-1-5-11-23)32(26-16-18-31(19-17-26)22-24-12-6-2-7-13-24)27-21-29(35)33(30(27)36)25-14-8-3-9-15-25/h1-15,26-27H,16-22H2. The lowest BCUT2D eigenvalue weighted by atomic mass is 9.98. The fraction of sp³-hybridized carbons (Fsp3) is 0.300. The summed E-state index contributed by atoms with van der Waals surface area (Å²) in [5.74, 6) is -0.654. The molecule has 0 bridgehead atoms. The molecule has 6 heteroatoms. The van der Waals surface area contributed by atoms with Crippen LogP contribution >= 0.6 is 0 Å². The van der Waals surface area contributed by atoms with Crippen LogP contribution in [0.5, 0.6) is 0 Å². The molecule has 0 N–H and O–H groups in total. The summed E-state index contributed by atoms with van der Waals surface area (Å²) in [5.41, 5.74) is 2.73. The smallest absolute Gasteiger partial charge is 0.257 e. The molecule has 2 aliphatic rings. The molecule has 5 rings (SSSR count). The van der Waals surface area contributed by atoms with E-state index in [0.717, 1.165) is 38.0 Å². The van der Waals surface area contributed by atoms with Crippen molar-refractivity contribution in [3.8, 4) is 0 Å². The number of carbonyl (C=O) groups is 3. The van der Waals surface area contributed by atoms with Gasteiger partial charge in [0, 0.05) is 25.7 Å². The van der Waals surface area contributed by atoms with Gasteiger partial charge < -0.3 is 4.90 Å². The lowest BCUT2D eigenvalue weighted by Gasteiger charge is -2.40. The molecule has 3 aromatic carbocycles. The van der Waals surface area contributed by atoms with Gasteiger partial charge in [0.1, 0.15) is 6.04 Å². The van der Waals surface area contributed by atoms with E-state index in [9.17, 15) is 14.4 Å². The highest BCUT2D eigenvalue weighted by molar-refractivity contribution is 6.23. The number of imide groups is 1. The molecule has 0 aromatic heterocycles. The number of nitrogens with zero attached hydrogens (tertiary/aromatic N) is 3. The Labute approximate surface area is 212 Å². The van der Waals surface area contributed by atoms with Crippen LogP contribution in [0.25, 0.3) is 0 Å². The van der Waals surface area contributed by atoms with Crippen LogP contribution in [0.4, 0.5) is 5.69 Å². The van der Waals surface area contributed by atoms with Gasteiger partial charge in [-0.15, -0.1) is 0 Å². The summed E-state index contributed by atoms with van der Waals surface area (Å²) in [6.07, 6.45) is 1.79. The first-order valence-corrected chi connectivity index (χ1v) is 12.6. The molecule has 0 saturated carbocycles. The second-order valence-electron chi connectivity index (χ2n) is 9.58. The second-order valence-corrected chi connectivity index (χ2v) is 9.58. The highest BCUT2D eigenvalue weighted by Crippen LogP contribution is 2.30. The van der Waals surface area contributed by atoms with E-state index in [1.807, 2.05) is 66.7 Å². The van der Waals surface area contributed by atoms with E-state index in [-0.39, 0.29) is 36.6 Å². The van der Waals surface area contributed by atoms with Gasteiger partial charge in [-0.2, -0.15) is 0 Å². The van der Waals surface area contributed by atoms with Gasteiger partial charge in [0.2, 0.25) is 11.8 Å². The minimum absolute atomic E-state index is 0.0263. The van der Waals surface area contributed by atoms with Gasteiger partial charge in [-0.3, -0.25) is 19.3 Å². The topological polar surface area (TPSA) is 60.9 Å². The summed E-state index contributed by atoms with van der Waals surface area (Å²) in [6, 6.07) is 28.1. The Bertz CT molecular complexity index is 1190. The van der Waals surface area contributed by atoms with Gasteiger partial charge >= 0.3 is 0 Å². The van der Waals surface area contributed by atoms with Gasteiger partial charge in [-0.1, -0.05) is 78.9 Å². The van der Waals surface area contributed by atoms with Gasteiger partial charge in [0.25, 0.3) is 5.91 Å². The minimum Gasteiger partial charge on any atom is -0.327 e. The van der Waals surface area contributed by atoms with Crippen LogP contribution in [0.2, 0.25) is 0 Å². The highest BCUT2D eigenvalue weighted by atomic mass is 16.2. The van der Waals surface area contributed by atoms with Crippen molar-refractivity contribution >= 4 is 23.4 Å². The highest BCUT2D eigenvalue weighted by Gasteiger charge is 2.46. The number of likely N-dealkylation sites (tertiary alicyclic amines) is 1. The molecule has 1 atom stereocenters. The summed E-state index contributed by atoms with van der Waals surface area (Å²) in [6.45, 7) is 2.55. The maximum absolute atomic E-state index is 13.7. The third kappa shape index (κ3) is 5.24. The predicted molar refractivity (Wildman–Crippen MR) is 139 cm³/mol. The van der Waals surface area contributed by atoms with Crippen molar-refractivity contribution in [2.45, 2.75) is 44.3 Å². The Balaban J connectivity index is 1.35. The van der Waals surface area contributed by atoms with Crippen LogP contribution in [0.15, 0.2) is 91.0 Å². The molecule has 0 spiro atoms. The summed E-state index contributed by atoms with van der Waals surface area (Å²) >= 11 is 0. The summed E-state index contributed by atoms with van der Waals surface area (Å²) in [4.78, 5) is 45.6. The van der Waals surface area contributed by atoms with Gasteiger partial charge in [0.05, 0.1) is 18.5 Å². The molecule has 2 saturated heterocycles. The second kappa shape index (κ2) is 10.9. The Hall–Kier alpha value is -3.77. The van der Waals surface area contributed by atoms with E-state index in [1.54, 1.807) is 17.0 Å². The lowest BCUT2D eigenvalue weighted by molar-refractivity contribution is -0.141. The first-order chi connectivity index (χ1) is 17.6. The SMILES string of the molecule is O=C1CC(N(C(=O)Cc2ccccc2)C2CCN(Cc3ccccc3)CC2)C(=O)N1c1ccccc1. The molecule has 3 amide bonds. The van der Waals surface area contributed by atoms with E-state index in [1.165, 1.54) is 10.5 Å². The number of anilines is 1. The monoisotopic (exact) mass is 481 g/mol. The number of hydrogen-bond donors (Lipinski definition) is 0. The Morgan fingerprint density at radius 1 is 0.778 bits per heavy atom. The zero-order valence-corrected chi connectivity index (χ0v) is 20.3. The van der Waals surface area contributed by atoms with Crippen molar-refractivity contribution in [3.05, 3.63) is 102 Å². The molecule has 184 valence electrons. The first-order valence-electron chi connectivity index (χ1n) is 12.6. The van der Waals surface area contributed by atoms with Gasteiger partial charge in [-0.25, -0.2) is 4.90 Å². The van der Waals surface area contributed by atoms with Crippen molar-refractivity contribution < 1.29 is 14.4 Å². The van der Waals surface area contributed by atoms with Crippen molar-refractivity contribution in [2.75, 3.05) is 18.0 Å². The largest absolute Gasteiger partial charge is 0.327 e. The van der Waals surface area contributed by atoms with E-state index in [2.05, 4.69) is 17.0 Å². The van der Waals surface area contributed by atoms with Crippen LogP contribution in [-0.4, -0.2) is 52.7 Å². The van der Waals surface area contributed by atoms with Crippen LogP contribution in [0.3, 0.4) is 0 Å². The van der Waals surface area contributed by atoms with E-state index in [0.29, 0.717) is 5.69 Å². The predicted octanol–water partition coefficient (Wildman–Crippen LogP) is 4.05. The number of benzene rings is 3. The van der Waals surface area contributed by atoms with Crippen LogP contribution in [0.1, 0.15) is 30.4 Å². The molecular weight excluding hydrogens is 450 g/mol. The average Bonchev–Trinajstić information content (AvgIpc) is 3.20. The first kappa shape index (κ1) is 23.9. The fourth-order valence-corrected chi connectivity index (χ4v) is 5.37. The van der Waals surface area contributed by atoms with E-state index >= 15 is 0 Å². The van der Waals surface area contributed by atoms with Crippen molar-refractivity contribution in [2.24, 2.45) is 0 Å². The molecule has 0 radical (unpaired) electrons. The summed E-state index contributed by atoms with van der Waals surface area (Å²) in [5, 5.41) is 0. The lowest BCUT2D eigenvalue weighted by Crippen LogP contribution is -2.54. The maximum Gasteiger partial charge on any atom is 0.257 e. The van der Waals surface area contributed by atoms with Crippen molar-refractivity contribution in [3.63, 3.8) is 0 Å². The number of amides is 3. The maximum atomic E-state index is 13.7. The molecule has 0 aliphatic carbocycles. The molecule has 3 aromatic rings. The third-order valence-electron chi connectivity index (χ3n) is 7.16. The van der Waals surface area contributed by atoms with Crippen molar-refractivity contribution in [1.29, 1.82) is 0 Å². The molecular formula is C30H31N3O3. The number of carbonyl (C=O) groups excluding carboxylic acids is 3. The van der Waals surface area contributed by atoms with Crippen LogP contribution in [-0.2, 0) is 27.3 Å². The number of para-hydroxylation sites is 1. The van der Waals surface area contributed by atoms with E-state index < -0.39 is 6.04 Å². The Morgan fingerprint density at radius 3 is 1.94 bits per heavy atom. The Morgan fingerprint density at radius 2 is 1.33 bits per heavy atom. The van der Waals surface area contributed by atoms with Crippen LogP contribution < -0.4 is 4.90 Å². The van der Waals surface area contributed by atoms with Gasteiger partial charge in [0.15, 0.2) is 0 Å². The summed E-state index contributed by atoms with van der Waals surface area (Å²) in [7, 11) is 0. The Kier molecular flexibility index (Phi) is 7.23. The molecule has 36 heavy (non-hydrogen) atoms. The fourth-order valence-electron chi connectivity index (χ4n) is 5.37. The normalized spacial score (nSPS) is 19.0. The van der Waals surface area contributed by atoms with E-state index in [4.69, 9.17) is 0 Å². The third-order valence-corrected chi connectivity index (χ3v) is 7.16. The average molecular weight is 482 g/mol. The quantitative estimate of drug-likeness (QED) is 0.478. The summed E-state index contributed by atoms with van der Waals surface area (Å²) < 4.78 is 0. The number of rotatable bonds is 7. The molecule has 1 unspecified atom stereocenters.